The van der Waals surface area contributed by atoms with E-state index in [9.17, 15) is 15.0 Å². The fourth-order valence-electron chi connectivity index (χ4n) is 2.93. The predicted molar refractivity (Wildman–Crippen MR) is 100 cm³/mol. The molecule has 0 saturated heterocycles. The molecule has 0 spiro atoms. The molecule has 6 nitrogen and oxygen atoms in total. The second-order valence-electron chi connectivity index (χ2n) is 6.28. The van der Waals surface area contributed by atoms with Gasteiger partial charge in [-0.1, -0.05) is 20.4 Å². The zero-order valence-electron chi connectivity index (χ0n) is 15.0. The molecule has 136 valence electrons. The smallest absolute Gasteiger partial charge is 0.204 e. The molecular formula is C20H20O6. The molecular weight excluding hydrogens is 336 g/mol. The summed E-state index contributed by atoms with van der Waals surface area (Å²) in [5, 5.41) is 20.9. The van der Waals surface area contributed by atoms with Crippen molar-refractivity contribution in [3.63, 3.8) is 0 Å². The van der Waals surface area contributed by atoms with Crippen LogP contribution in [-0.2, 0) is 0 Å². The second kappa shape index (κ2) is 6.29. The molecule has 0 unspecified atom stereocenters. The molecule has 0 fully saturated rings. The van der Waals surface area contributed by atoms with Crippen LogP contribution in [-0.4, -0.2) is 24.4 Å². The van der Waals surface area contributed by atoms with E-state index in [1.807, 2.05) is 13.8 Å². The van der Waals surface area contributed by atoms with Crippen LogP contribution in [0.25, 0.3) is 27.5 Å². The summed E-state index contributed by atoms with van der Waals surface area (Å²) >= 11 is 0. The average molecular weight is 356 g/mol. The molecule has 0 aliphatic heterocycles. The van der Waals surface area contributed by atoms with Gasteiger partial charge in [-0.15, -0.1) is 0 Å². The van der Waals surface area contributed by atoms with Gasteiger partial charge in [0.25, 0.3) is 0 Å². The van der Waals surface area contributed by atoms with Crippen LogP contribution in [0.2, 0.25) is 0 Å². The highest BCUT2D eigenvalue weighted by atomic mass is 16.5. The van der Waals surface area contributed by atoms with E-state index < -0.39 is 5.43 Å². The molecule has 2 aromatic carbocycles. The molecule has 0 amide bonds. The Bertz CT molecular complexity index is 1090. The number of phenols is 2. The van der Waals surface area contributed by atoms with Gasteiger partial charge in [0, 0.05) is 6.07 Å². The van der Waals surface area contributed by atoms with Gasteiger partial charge in [0.05, 0.1) is 25.2 Å². The number of methoxy groups -OCH3 is 2. The Balaban J connectivity index is 2.59. The van der Waals surface area contributed by atoms with Crippen molar-refractivity contribution in [2.45, 2.75) is 13.8 Å². The maximum Gasteiger partial charge on any atom is 0.204 e. The van der Waals surface area contributed by atoms with E-state index in [2.05, 4.69) is 6.58 Å². The summed E-state index contributed by atoms with van der Waals surface area (Å²) in [5.41, 5.74) is 0.791. The van der Waals surface area contributed by atoms with Crippen LogP contribution in [0.4, 0.5) is 0 Å². The number of fused-ring (bicyclic) bond motifs is 2. The van der Waals surface area contributed by atoms with Gasteiger partial charge in [0.1, 0.15) is 16.9 Å². The second-order valence-corrected chi connectivity index (χ2v) is 6.28. The lowest BCUT2D eigenvalue weighted by atomic mass is 9.93. The predicted octanol–water partition coefficient (Wildman–Crippen LogP) is 4.04. The largest absolute Gasteiger partial charge is 0.507 e. The van der Waals surface area contributed by atoms with Crippen LogP contribution in [0, 0.1) is 5.92 Å². The van der Waals surface area contributed by atoms with Gasteiger partial charge in [0.2, 0.25) is 11.2 Å². The fraction of sp³-hybridized carbons (Fsp3) is 0.250. The minimum Gasteiger partial charge on any atom is -0.507 e. The first-order valence-corrected chi connectivity index (χ1v) is 8.07. The van der Waals surface area contributed by atoms with E-state index in [4.69, 9.17) is 13.9 Å². The Labute approximate surface area is 149 Å². The van der Waals surface area contributed by atoms with Crippen molar-refractivity contribution in [2.24, 2.45) is 5.92 Å². The Morgan fingerprint density at radius 2 is 1.77 bits per heavy atom. The first kappa shape index (κ1) is 17.7. The SMILES string of the molecule is C=C(c1c(OC)cc(O)c2c(=O)c3ccc(OC)c(O)c3oc12)C(C)C. The number of hydrogen-bond donors (Lipinski definition) is 2. The van der Waals surface area contributed by atoms with E-state index in [0.29, 0.717) is 16.9 Å². The number of allylic oxidation sites excluding steroid dienone is 1. The van der Waals surface area contributed by atoms with Crippen LogP contribution >= 0.6 is 0 Å². The van der Waals surface area contributed by atoms with Gasteiger partial charge < -0.3 is 24.1 Å². The summed E-state index contributed by atoms with van der Waals surface area (Å²) in [7, 11) is 2.86. The lowest BCUT2D eigenvalue weighted by Gasteiger charge is -2.17. The lowest BCUT2D eigenvalue weighted by Crippen LogP contribution is -2.06. The van der Waals surface area contributed by atoms with Gasteiger partial charge >= 0.3 is 0 Å². The Hall–Kier alpha value is -3.15. The zero-order valence-corrected chi connectivity index (χ0v) is 15.0. The minimum atomic E-state index is -0.461. The third-order valence-electron chi connectivity index (χ3n) is 4.45. The highest BCUT2D eigenvalue weighted by Crippen LogP contribution is 2.42. The van der Waals surface area contributed by atoms with Crippen LogP contribution in [0.5, 0.6) is 23.0 Å². The summed E-state index contributed by atoms with van der Waals surface area (Å²) in [6.45, 7) is 7.96. The van der Waals surface area contributed by atoms with Crippen molar-refractivity contribution in [1.29, 1.82) is 0 Å². The zero-order chi connectivity index (χ0) is 19.2. The van der Waals surface area contributed by atoms with Crippen LogP contribution in [0.1, 0.15) is 19.4 Å². The molecule has 0 atom stereocenters. The van der Waals surface area contributed by atoms with E-state index in [1.165, 1.54) is 32.4 Å². The highest BCUT2D eigenvalue weighted by molar-refractivity contribution is 6.01. The fourth-order valence-corrected chi connectivity index (χ4v) is 2.93. The van der Waals surface area contributed by atoms with Crippen LogP contribution in [0.3, 0.4) is 0 Å². The molecule has 2 N–H and O–H groups in total. The van der Waals surface area contributed by atoms with Gasteiger partial charge in [-0.2, -0.15) is 0 Å². The summed E-state index contributed by atoms with van der Waals surface area (Å²) < 4.78 is 16.3. The van der Waals surface area contributed by atoms with Crippen LogP contribution < -0.4 is 14.9 Å². The van der Waals surface area contributed by atoms with Crippen molar-refractivity contribution in [3.8, 4) is 23.0 Å². The Morgan fingerprint density at radius 1 is 1.12 bits per heavy atom. The number of rotatable bonds is 4. The Morgan fingerprint density at radius 3 is 2.35 bits per heavy atom. The molecule has 0 saturated carbocycles. The van der Waals surface area contributed by atoms with Gasteiger partial charge in [-0.3, -0.25) is 4.79 Å². The number of benzene rings is 2. The van der Waals surface area contributed by atoms with Crippen molar-refractivity contribution < 1.29 is 24.1 Å². The third-order valence-corrected chi connectivity index (χ3v) is 4.45. The number of aromatic hydroxyl groups is 2. The quantitative estimate of drug-likeness (QED) is 0.686. The molecule has 0 aliphatic rings. The summed E-state index contributed by atoms with van der Waals surface area (Å²) in [4.78, 5) is 13.0. The van der Waals surface area contributed by atoms with Crippen LogP contribution in [0.15, 0.2) is 34.0 Å². The molecule has 6 heteroatoms. The molecule has 0 bridgehead atoms. The first-order valence-electron chi connectivity index (χ1n) is 8.07. The maximum atomic E-state index is 13.0. The highest BCUT2D eigenvalue weighted by Gasteiger charge is 2.24. The lowest BCUT2D eigenvalue weighted by molar-refractivity contribution is 0.372. The average Bonchev–Trinajstić information content (AvgIpc) is 2.61. The summed E-state index contributed by atoms with van der Waals surface area (Å²) in [6, 6.07) is 4.33. The topological polar surface area (TPSA) is 89.1 Å². The van der Waals surface area contributed by atoms with Crippen molar-refractivity contribution in [2.75, 3.05) is 14.2 Å². The molecule has 0 radical (unpaired) electrons. The molecule has 1 aromatic heterocycles. The Kier molecular flexibility index (Phi) is 4.28. The molecule has 26 heavy (non-hydrogen) atoms. The van der Waals surface area contributed by atoms with E-state index in [-0.39, 0.29) is 45.1 Å². The van der Waals surface area contributed by atoms with Gasteiger partial charge in [0.15, 0.2) is 16.9 Å². The third kappa shape index (κ3) is 2.45. The summed E-state index contributed by atoms with van der Waals surface area (Å²) in [6.07, 6.45) is 0. The molecule has 3 rings (SSSR count). The van der Waals surface area contributed by atoms with Gasteiger partial charge in [-0.25, -0.2) is 0 Å². The minimum absolute atomic E-state index is 0.0136. The molecule has 3 aromatic rings. The summed E-state index contributed by atoms with van der Waals surface area (Å²) in [5.74, 6) is 0.00187. The van der Waals surface area contributed by atoms with Crippen molar-refractivity contribution >= 4 is 27.5 Å². The standard InChI is InChI=1S/C20H20O6/c1-9(2)10(3)15-14(25-5)8-12(21)16-17(22)11-6-7-13(24-4)18(23)19(11)26-20(15)16/h6-9,21,23H,3H2,1-2,4-5H3. The van der Waals surface area contributed by atoms with E-state index in [0.717, 1.165) is 0 Å². The number of phenolic OH excluding ortho intramolecular Hbond substituents is 2. The van der Waals surface area contributed by atoms with E-state index in [1.54, 1.807) is 0 Å². The first-order chi connectivity index (χ1) is 12.3. The van der Waals surface area contributed by atoms with Crippen molar-refractivity contribution in [1.82, 2.24) is 0 Å². The maximum absolute atomic E-state index is 13.0. The van der Waals surface area contributed by atoms with Gasteiger partial charge in [-0.05, 0) is 23.6 Å². The monoisotopic (exact) mass is 356 g/mol. The normalized spacial score (nSPS) is 11.3. The number of ether oxygens (including phenoxy) is 2. The van der Waals surface area contributed by atoms with Crippen molar-refractivity contribution in [3.05, 3.63) is 40.6 Å². The molecule has 1 heterocycles. The molecule has 0 aliphatic carbocycles. The number of hydrogen-bond acceptors (Lipinski definition) is 6. The van der Waals surface area contributed by atoms with E-state index >= 15 is 0 Å².